The van der Waals surface area contributed by atoms with E-state index in [4.69, 9.17) is 11.0 Å². The zero-order valence-electron chi connectivity index (χ0n) is 16.5. The molecule has 1 heterocycles. The SMILES string of the molecule is Cc1cc(/C=C/C#N)cc(Cc2cc(C#N)ccc2N)c1-c1cccc2cn[nH]c12. The molecular weight excluding hydrogens is 370 g/mol. The molecule has 0 aliphatic rings. The van der Waals surface area contributed by atoms with Crippen LogP contribution in [0.4, 0.5) is 5.69 Å². The summed E-state index contributed by atoms with van der Waals surface area (Å²) >= 11 is 0. The Balaban J connectivity index is 1.94. The molecule has 0 bridgehead atoms. The number of nitriles is 2. The molecule has 0 unspecified atom stereocenters. The number of H-pyrrole nitrogens is 1. The fourth-order valence-corrected chi connectivity index (χ4v) is 3.86. The zero-order valence-corrected chi connectivity index (χ0v) is 16.5. The van der Waals surface area contributed by atoms with Crippen LogP contribution in [-0.4, -0.2) is 10.2 Å². The summed E-state index contributed by atoms with van der Waals surface area (Å²) < 4.78 is 0. The Labute approximate surface area is 174 Å². The molecular formula is C25H19N5. The molecule has 0 fully saturated rings. The lowest BCUT2D eigenvalue weighted by Gasteiger charge is -2.17. The van der Waals surface area contributed by atoms with Gasteiger partial charge in [-0.15, -0.1) is 0 Å². The first kappa shape index (κ1) is 19.0. The van der Waals surface area contributed by atoms with E-state index in [9.17, 15) is 5.26 Å². The molecule has 5 nitrogen and oxygen atoms in total. The normalized spacial score (nSPS) is 10.9. The Morgan fingerprint density at radius 3 is 2.77 bits per heavy atom. The maximum Gasteiger partial charge on any atom is 0.0991 e. The number of rotatable bonds is 4. The molecule has 30 heavy (non-hydrogen) atoms. The lowest BCUT2D eigenvalue weighted by atomic mass is 9.88. The highest BCUT2D eigenvalue weighted by Gasteiger charge is 2.15. The Kier molecular flexibility index (Phi) is 5.03. The molecule has 4 aromatic rings. The van der Waals surface area contributed by atoms with Crippen LogP contribution < -0.4 is 5.73 Å². The van der Waals surface area contributed by atoms with E-state index >= 15 is 0 Å². The van der Waals surface area contributed by atoms with E-state index in [-0.39, 0.29) is 0 Å². The third kappa shape index (κ3) is 3.53. The van der Waals surface area contributed by atoms with Gasteiger partial charge in [-0.2, -0.15) is 15.6 Å². The first-order valence-corrected chi connectivity index (χ1v) is 9.51. The number of nitrogens with zero attached hydrogens (tertiary/aromatic N) is 3. The molecule has 0 atom stereocenters. The molecule has 144 valence electrons. The first-order valence-electron chi connectivity index (χ1n) is 9.51. The lowest BCUT2D eigenvalue weighted by Crippen LogP contribution is -2.01. The van der Waals surface area contributed by atoms with Gasteiger partial charge in [0.05, 0.1) is 29.4 Å². The van der Waals surface area contributed by atoms with Crippen molar-refractivity contribution in [2.24, 2.45) is 0 Å². The van der Waals surface area contributed by atoms with Gasteiger partial charge >= 0.3 is 0 Å². The van der Waals surface area contributed by atoms with Gasteiger partial charge in [0.1, 0.15) is 0 Å². The predicted molar refractivity (Wildman–Crippen MR) is 119 cm³/mol. The van der Waals surface area contributed by atoms with E-state index in [0.717, 1.165) is 44.3 Å². The number of nitrogens with two attached hydrogens (primary N) is 1. The number of hydrogen-bond acceptors (Lipinski definition) is 4. The van der Waals surface area contributed by atoms with Crippen molar-refractivity contribution < 1.29 is 0 Å². The highest BCUT2D eigenvalue weighted by molar-refractivity contribution is 5.95. The number of anilines is 1. The fourth-order valence-electron chi connectivity index (χ4n) is 3.86. The monoisotopic (exact) mass is 389 g/mol. The number of hydrogen-bond donors (Lipinski definition) is 2. The molecule has 0 spiro atoms. The molecule has 0 aliphatic heterocycles. The summed E-state index contributed by atoms with van der Waals surface area (Å²) in [6.07, 6.45) is 5.65. The van der Waals surface area contributed by atoms with Crippen molar-refractivity contribution in [2.75, 3.05) is 5.73 Å². The first-order chi connectivity index (χ1) is 14.6. The van der Waals surface area contributed by atoms with E-state index in [1.165, 1.54) is 6.08 Å². The van der Waals surface area contributed by atoms with Crippen molar-refractivity contribution in [1.82, 2.24) is 10.2 Å². The van der Waals surface area contributed by atoms with Gasteiger partial charge in [0.2, 0.25) is 0 Å². The molecule has 0 amide bonds. The van der Waals surface area contributed by atoms with Gasteiger partial charge in [-0.1, -0.05) is 30.3 Å². The van der Waals surface area contributed by atoms with Crippen LogP contribution in [0.1, 0.15) is 27.8 Å². The van der Waals surface area contributed by atoms with Crippen LogP contribution in [0.15, 0.2) is 60.8 Å². The van der Waals surface area contributed by atoms with E-state index in [2.05, 4.69) is 41.4 Å². The Morgan fingerprint density at radius 1 is 1.10 bits per heavy atom. The molecule has 5 heteroatoms. The van der Waals surface area contributed by atoms with Crippen molar-refractivity contribution in [3.05, 3.63) is 88.6 Å². The zero-order chi connectivity index (χ0) is 21.1. The maximum atomic E-state index is 9.29. The van der Waals surface area contributed by atoms with E-state index in [1.54, 1.807) is 18.2 Å². The summed E-state index contributed by atoms with van der Waals surface area (Å²) in [7, 11) is 0. The fraction of sp³-hybridized carbons (Fsp3) is 0.0800. The number of aromatic nitrogens is 2. The summed E-state index contributed by atoms with van der Waals surface area (Å²) in [5.74, 6) is 0. The number of aryl methyl sites for hydroxylation is 1. The third-order valence-electron chi connectivity index (χ3n) is 5.19. The summed E-state index contributed by atoms with van der Waals surface area (Å²) in [6, 6.07) is 19.8. The number of allylic oxidation sites excluding steroid dienone is 1. The number of nitrogens with one attached hydrogen (secondary N) is 1. The number of nitrogen functional groups attached to an aromatic ring is 1. The maximum absolute atomic E-state index is 9.29. The van der Waals surface area contributed by atoms with Crippen LogP contribution in [-0.2, 0) is 6.42 Å². The average molecular weight is 389 g/mol. The van der Waals surface area contributed by atoms with Crippen LogP contribution in [0.3, 0.4) is 0 Å². The van der Waals surface area contributed by atoms with Crippen molar-refractivity contribution in [1.29, 1.82) is 10.5 Å². The standard InChI is InChI=1S/C25H19N5/c1-16-10-17(4-3-9-26)11-21(13-20-12-18(14-27)7-8-23(20)28)24(16)22-6-2-5-19-15-29-30-25(19)22/h2-8,10-12,15H,13,28H2,1H3,(H,29,30)/b4-3+. The highest BCUT2D eigenvalue weighted by atomic mass is 15.1. The summed E-state index contributed by atoms with van der Waals surface area (Å²) in [6.45, 7) is 2.06. The molecule has 3 aromatic carbocycles. The van der Waals surface area contributed by atoms with Gasteiger partial charge in [0.15, 0.2) is 0 Å². The molecule has 0 aliphatic carbocycles. The smallest absolute Gasteiger partial charge is 0.0991 e. The molecule has 1 aromatic heterocycles. The van der Waals surface area contributed by atoms with Crippen molar-refractivity contribution in [3.63, 3.8) is 0 Å². The van der Waals surface area contributed by atoms with Gasteiger partial charge in [0, 0.05) is 29.1 Å². The summed E-state index contributed by atoms with van der Waals surface area (Å²) in [5, 5.41) is 26.6. The van der Waals surface area contributed by atoms with Crippen molar-refractivity contribution >= 4 is 22.7 Å². The largest absolute Gasteiger partial charge is 0.398 e. The van der Waals surface area contributed by atoms with E-state index < -0.39 is 0 Å². The third-order valence-corrected chi connectivity index (χ3v) is 5.19. The quantitative estimate of drug-likeness (QED) is 0.373. The summed E-state index contributed by atoms with van der Waals surface area (Å²) in [5.41, 5.74) is 14.6. The second-order valence-corrected chi connectivity index (χ2v) is 7.18. The van der Waals surface area contributed by atoms with E-state index in [1.807, 2.05) is 30.5 Å². The molecule has 4 rings (SSSR count). The van der Waals surface area contributed by atoms with Gasteiger partial charge in [-0.25, -0.2) is 0 Å². The Hall–Kier alpha value is -4.35. The second kappa shape index (κ2) is 7.95. The lowest BCUT2D eigenvalue weighted by molar-refractivity contribution is 1.12. The molecule has 0 saturated carbocycles. The predicted octanol–water partition coefficient (Wildman–Crippen LogP) is 5.12. The van der Waals surface area contributed by atoms with Gasteiger partial charge in [-0.3, -0.25) is 5.10 Å². The van der Waals surface area contributed by atoms with Crippen LogP contribution in [0, 0.1) is 29.6 Å². The second-order valence-electron chi connectivity index (χ2n) is 7.18. The number of fused-ring (bicyclic) bond motifs is 1. The van der Waals surface area contributed by atoms with Crippen LogP contribution >= 0.6 is 0 Å². The number of benzene rings is 3. The van der Waals surface area contributed by atoms with Crippen LogP contribution in [0.2, 0.25) is 0 Å². The number of aromatic amines is 1. The van der Waals surface area contributed by atoms with E-state index in [0.29, 0.717) is 17.7 Å². The van der Waals surface area contributed by atoms with Crippen molar-refractivity contribution in [3.8, 4) is 23.3 Å². The number of para-hydroxylation sites is 1. The van der Waals surface area contributed by atoms with Crippen LogP contribution in [0.5, 0.6) is 0 Å². The minimum Gasteiger partial charge on any atom is -0.398 e. The minimum absolute atomic E-state index is 0.566. The Morgan fingerprint density at radius 2 is 1.97 bits per heavy atom. The topological polar surface area (TPSA) is 102 Å². The van der Waals surface area contributed by atoms with Gasteiger partial charge < -0.3 is 5.73 Å². The average Bonchev–Trinajstić information content (AvgIpc) is 3.23. The molecule has 0 saturated heterocycles. The Bertz CT molecular complexity index is 1360. The van der Waals surface area contributed by atoms with Gasteiger partial charge in [0.25, 0.3) is 0 Å². The molecule has 0 radical (unpaired) electrons. The summed E-state index contributed by atoms with van der Waals surface area (Å²) in [4.78, 5) is 0. The van der Waals surface area contributed by atoms with Crippen LogP contribution in [0.25, 0.3) is 28.1 Å². The van der Waals surface area contributed by atoms with Gasteiger partial charge in [-0.05, 0) is 59.0 Å². The molecule has 3 N–H and O–H groups in total. The highest BCUT2D eigenvalue weighted by Crippen LogP contribution is 2.35. The minimum atomic E-state index is 0.566. The van der Waals surface area contributed by atoms with Crippen molar-refractivity contribution in [2.45, 2.75) is 13.3 Å².